The first-order chi connectivity index (χ1) is 13.5. The fraction of sp³-hybridized carbons (Fsp3) is 0.190. The molecule has 0 atom stereocenters. The number of carbonyl (C=O) groups excluding carboxylic acids is 2. The predicted octanol–water partition coefficient (Wildman–Crippen LogP) is 3.93. The molecule has 0 unspecified atom stereocenters. The van der Waals surface area contributed by atoms with Gasteiger partial charge in [0, 0.05) is 6.54 Å². The molecular formula is C21H19NO4S2. The number of amides is 1. The van der Waals surface area contributed by atoms with Crippen molar-refractivity contribution in [3.8, 4) is 5.75 Å². The second kappa shape index (κ2) is 9.03. The number of rotatable bonds is 6. The minimum atomic E-state index is -0.392. The van der Waals surface area contributed by atoms with Gasteiger partial charge >= 0.3 is 5.97 Å². The normalized spacial score (nSPS) is 15.2. The van der Waals surface area contributed by atoms with E-state index in [1.54, 1.807) is 42.4 Å². The summed E-state index contributed by atoms with van der Waals surface area (Å²) in [6, 6.07) is 14.6. The van der Waals surface area contributed by atoms with Crippen LogP contribution in [0.4, 0.5) is 0 Å². The topological polar surface area (TPSA) is 55.8 Å². The lowest BCUT2D eigenvalue weighted by Crippen LogP contribution is -2.30. The van der Waals surface area contributed by atoms with Crippen LogP contribution in [0, 0.1) is 0 Å². The van der Waals surface area contributed by atoms with Crippen molar-refractivity contribution < 1.29 is 19.1 Å². The minimum absolute atomic E-state index is 0.0967. The molecule has 0 bridgehead atoms. The molecule has 1 aliphatic heterocycles. The largest absolute Gasteiger partial charge is 0.497 e. The first-order valence-corrected chi connectivity index (χ1v) is 9.81. The van der Waals surface area contributed by atoms with Crippen LogP contribution in [0.1, 0.15) is 21.5 Å². The number of thioether (sulfide) groups is 1. The summed E-state index contributed by atoms with van der Waals surface area (Å²) in [5.74, 6) is 0.312. The molecule has 2 aromatic carbocycles. The molecular weight excluding hydrogens is 394 g/mol. The van der Waals surface area contributed by atoms with Gasteiger partial charge in [-0.25, -0.2) is 4.79 Å². The molecule has 0 saturated carbocycles. The quantitative estimate of drug-likeness (QED) is 0.406. The van der Waals surface area contributed by atoms with E-state index >= 15 is 0 Å². The fourth-order valence-corrected chi connectivity index (χ4v) is 4.02. The van der Waals surface area contributed by atoms with Gasteiger partial charge in [0.05, 0.1) is 24.7 Å². The van der Waals surface area contributed by atoms with Crippen molar-refractivity contribution in [2.24, 2.45) is 0 Å². The van der Waals surface area contributed by atoms with E-state index in [0.29, 0.717) is 27.8 Å². The van der Waals surface area contributed by atoms with Crippen LogP contribution in [0.25, 0.3) is 6.08 Å². The number of esters is 1. The smallest absolute Gasteiger partial charge is 0.337 e. The molecule has 1 aliphatic rings. The van der Waals surface area contributed by atoms with Crippen molar-refractivity contribution >= 4 is 46.3 Å². The lowest BCUT2D eigenvalue weighted by Gasteiger charge is -2.14. The van der Waals surface area contributed by atoms with Gasteiger partial charge in [0.25, 0.3) is 5.91 Å². The third kappa shape index (κ3) is 4.61. The summed E-state index contributed by atoms with van der Waals surface area (Å²) < 4.78 is 10.4. The van der Waals surface area contributed by atoms with E-state index in [1.807, 2.05) is 24.3 Å². The molecule has 0 aromatic heterocycles. The van der Waals surface area contributed by atoms with Crippen molar-refractivity contribution in [2.45, 2.75) is 6.42 Å². The summed E-state index contributed by atoms with van der Waals surface area (Å²) in [5, 5.41) is 0. The Morgan fingerprint density at radius 2 is 1.79 bits per heavy atom. The summed E-state index contributed by atoms with van der Waals surface area (Å²) in [6.45, 7) is 0.523. The van der Waals surface area contributed by atoms with Crippen molar-refractivity contribution in [3.63, 3.8) is 0 Å². The minimum Gasteiger partial charge on any atom is -0.497 e. The Morgan fingerprint density at radius 1 is 1.11 bits per heavy atom. The number of carbonyl (C=O) groups is 2. The van der Waals surface area contributed by atoms with Gasteiger partial charge in [-0.1, -0.05) is 48.2 Å². The van der Waals surface area contributed by atoms with Crippen LogP contribution in [0.2, 0.25) is 0 Å². The highest BCUT2D eigenvalue weighted by molar-refractivity contribution is 8.26. The van der Waals surface area contributed by atoms with Crippen molar-refractivity contribution in [1.29, 1.82) is 0 Å². The zero-order valence-electron chi connectivity index (χ0n) is 15.5. The molecule has 1 saturated heterocycles. The first kappa shape index (κ1) is 20.1. The number of hydrogen-bond donors (Lipinski definition) is 0. The average molecular weight is 414 g/mol. The van der Waals surface area contributed by atoms with E-state index in [2.05, 4.69) is 4.74 Å². The second-order valence-corrected chi connectivity index (χ2v) is 7.72. The van der Waals surface area contributed by atoms with Crippen LogP contribution < -0.4 is 4.74 Å². The lowest BCUT2D eigenvalue weighted by atomic mass is 10.1. The van der Waals surface area contributed by atoms with Crippen molar-refractivity contribution in [3.05, 3.63) is 70.1 Å². The molecule has 0 aliphatic carbocycles. The number of benzene rings is 2. The Hall–Kier alpha value is -2.64. The Bertz CT molecular complexity index is 920. The maximum Gasteiger partial charge on any atom is 0.337 e. The Kier molecular flexibility index (Phi) is 6.49. The Labute approximate surface area is 173 Å². The standard InChI is InChI=1S/C21H19NO4S2/c1-25-17-9-5-14(6-10-17)11-12-22-19(23)18(28-21(22)27)13-15-3-7-16(8-4-15)20(24)26-2/h3-10,13H,11-12H2,1-2H3. The number of nitrogens with zero attached hydrogens (tertiary/aromatic N) is 1. The summed E-state index contributed by atoms with van der Waals surface area (Å²) in [4.78, 5) is 26.4. The molecule has 1 heterocycles. The van der Waals surface area contributed by atoms with Crippen LogP contribution in [0.15, 0.2) is 53.4 Å². The third-order valence-electron chi connectivity index (χ3n) is 4.29. The van der Waals surface area contributed by atoms with E-state index in [4.69, 9.17) is 17.0 Å². The molecule has 28 heavy (non-hydrogen) atoms. The van der Waals surface area contributed by atoms with E-state index in [9.17, 15) is 9.59 Å². The zero-order valence-corrected chi connectivity index (χ0v) is 17.1. The molecule has 5 nitrogen and oxygen atoms in total. The van der Waals surface area contributed by atoms with Gasteiger partial charge in [-0.3, -0.25) is 9.69 Å². The molecule has 0 radical (unpaired) electrons. The van der Waals surface area contributed by atoms with Crippen molar-refractivity contribution in [2.75, 3.05) is 20.8 Å². The highest BCUT2D eigenvalue weighted by Crippen LogP contribution is 2.32. The third-order valence-corrected chi connectivity index (χ3v) is 5.66. The summed E-state index contributed by atoms with van der Waals surface area (Å²) in [6.07, 6.45) is 2.49. The summed E-state index contributed by atoms with van der Waals surface area (Å²) in [5.41, 5.74) is 2.40. The van der Waals surface area contributed by atoms with Crippen LogP contribution >= 0.6 is 24.0 Å². The van der Waals surface area contributed by atoms with Crippen LogP contribution in [0.3, 0.4) is 0 Å². The van der Waals surface area contributed by atoms with Gasteiger partial charge in [0.15, 0.2) is 0 Å². The average Bonchev–Trinajstić information content (AvgIpc) is 2.99. The van der Waals surface area contributed by atoms with Gasteiger partial charge in [0.1, 0.15) is 10.1 Å². The zero-order chi connectivity index (χ0) is 20.1. The van der Waals surface area contributed by atoms with Crippen LogP contribution in [0.5, 0.6) is 5.75 Å². The molecule has 2 aromatic rings. The van der Waals surface area contributed by atoms with E-state index in [-0.39, 0.29) is 5.91 Å². The summed E-state index contributed by atoms with van der Waals surface area (Å²) in [7, 11) is 2.97. The Balaban J connectivity index is 1.66. The van der Waals surface area contributed by atoms with E-state index < -0.39 is 5.97 Å². The maximum absolute atomic E-state index is 12.7. The molecule has 7 heteroatoms. The Morgan fingerprint density at radius 3 is 2.39 bits per heavy atom. The highest BCUT2D eigenvalue weighted by Gasteiger charge is 2.31. The molecule has 144 valence electrons. The van der Waals surface area contributed by atoms with E-state index in [0.717, 1.165) is 16.9 Å². The van der Waals surface area contributed by atoms with Gasteiger partial charge in [-0.15, -0.1) is 0 Å². The van der Waals surface area contributed by atoms with Crippen LogP contribution in [-0.2, 0) is 16.0 Å². The first-order valence-electron chi connectivity index (χ1n) is 8.58. The number of thiocarbonyl (C=S) groups is 1. The molecule has 0 spiro atoms. The number of hydrogen-bond acceptors (Lipinski definition) is 6. The van der Waals surface area contributed by atoms with Gasteiger partial charge in [-0.05, 0) is 47.9 Å². The maximum atomic E-state index is 12.7. The number of ether oxygens (including phenoxy) is 2. The molecule has 3 rings (SSSR count). The molecule has 1 fully saturated rings. The van der Waals surface area contributed by atoms with Gasteiger partial charge in [0.2, 0.25) is 0 Å². The lowest BCUT2D eigenvalue weighted by molar-refractivity contribution is -0.122. The fourth-order valence-electron chi connectivity index (χ4n) is 2.71. The van der Waals surface area contributed by atoms with E-state index in [1.165, 1.54) is 18.9 Å². The van der Waals surface area contributed by atoms with Crippen LogP contribution in [-0.4, -0.2) is 41.9 Å². The number of methoxy groups -OCH3 is 2. The monoisotopic (exact) mass is 413 g/mol. The second-order valence-electron chi connectivity index (χ2n) is 6.05. The SMILES string of the molecule is COC(=O)c1ccc(C=C2SC(=S)N(CCc3ccc(OC)cc3)C2=O)cc1. The van der Waals surface area contributed by atoms with Gasteiger partial charge in [-0.2, -0.15) is 0 Å². The summed E-state index contributed by atoms with van der Waals surface area (Å²) >= 11 is 6.67. The highest BCUT2D eigenvalue weighted by atomic mass is 32.2. The van der Waals surface area contributed by atoms with Crippen molar-refractivity contribution in [1.82, 2.24) is 4.90 Å². The predicted molar refractivity (Wildman–Crippen MR) is 114 cm³/mol. The molecule has 1 amide bonds. The molecule has 0 N–H and O–H groups in total. The van der Waals surface area contributed by atoms with Gasteiger partial charge < -0.3 is 9.47 Å².